The Morgan fingerprint density at radius 2 is 2.09 bits per heavy atom. The number of nitrogens with zero attached hydrogens (tertiary/aromatic N) is 2. The Kier molecular flexibility index (Phi) is 6.56. The maximum absolute atomic E-state index is 6.20. The zero-order valence-corrected chi connectivity index (χ0v) is 16.4. The lowest BCUT2D eigenvalue weighted by Gasteiger charge is -2.31. The third-order valence-electron chi connectivity index (χ3n) is 4.76. The van der Waals surface area contributed by atoms with Crippen molar-refractivity contribution in [1.29, 1.82) is 0 Å². The van der Waals surface area contributed by atoms with Gasteiger partial charge < -0.3 is 15.4 Å². The molecule has 0 amide bonds. The lowest BCUT2D eigenvalue weighted by atomic mass is 10.00. The summed E-state index contributed by atoms with van der Waals surface area (Å²) in [6.45, 7) is 7.13. The molecule has 23 heavy (non-hydrogen) atoms. The van der Waals surface area contributed by atoms with Crippen molar-refractivity contribution < 1.29 is 4.74 Å². The molecule has 1 aromatic carbocycles. The van der Waals surface area contributed by atoms with Crippen LogP contribution in [0.5, 0.6) is 5.75 Å². The quantitative estimate of drug-likeness (QED) is 0.452. The Morgan fingerprint density at radius 3 is 2.78 bits per heavy atom. The molecule has 2 atom stereocenters. The first-order valence-electron chi connectivity index (χ1n) is 8.48. The number of nitrogens with two attached hydrogens (primary N) is 1. The van der Waals surface area contributed by atoms with Crippen LogP contribution in [-0.4, -0.2) is 36.6 Å². The molecule has 0 spiro atoms. The van der Waals surface area contributed by atoms with E-state index in [0.717, 1.165) is 37.1 Å². The van der Waals surface area contributed by atoms with Crippen LogP contribution in [0.1, 0.15) is 44.6 Å². The van der Waals surface area contributed by atoms with Gasteiger partial charge >= 0.3 is 0 Å². The van der Waals surface area contributed by atoms with Crippen molar-refractivity contribution in [2.45, 2.75) is 45.1 Å². The smallest absolute Gasteiger partial charge is 0.191 e. The van der Waals surface area contributed by atoms with Gasteiger partial charge in [0.2, 0.25) is 0 Å². The summed E-state index contributed by atoms with van der Waals surface area (Å²) in [4.78, 5) is 6.99. The maximum atomic E-state index is 6.20. The number of aliphatic imine (C=N–C) groups is 1. The van der Waals surface area contributed by atoms with Crippen molar-refractivity contribution in [2.75, 3.05) is 19.7 Å². The summed E-state index contributed by atoms with van der Waals surface area (Å²) in [6.07, 6.45) is 3.54. The molecule has 2 N–H and O–H groups in total. The SMILES string of the molecule is CCOc1cccc([C@@H]2C[C@H]2N=C(N)N2CCC(C)CC2)c1.I. The molecule has 5 heteroatoms. The maximum Gasteiger partial charge on any atom is 0.191 e. The molecule has 0 bridgehead atoms. The molecule has 1 aromatic rings. The highest BCUT2D eigenvalue weighted by atomic mass is 127. The summed E-state index contributed by atoms with van der Waals surface area (Å²) >= 11 is 0. The standard InChI is InChI=1S/C18H27N3O.HI/c1-3-22-15-6-4-5-14(11-15)16-12-17(16)20-18(19)21-9-7-13(2)8-10-21;/h4-6,11,13,16-17H,3,7-10,12H2,1-2H3,(H2,19,20);1H/t16-,17+;/m0./s1. The third kappa shape index (κ3) is 4.75. The highest BCUT2D eigenvalue weighted by molar-refractivity contribution is 14.0. The van der Waals surface area contributed by atoms with Gasteiger partial charge in [0.05, 0.1) is 12.6 Å². The predicted octanol–water partition coefficient (Wildman–Crippen LogP) is 3.61. The van der Waals surface area contributed by atoms with Crippen molar-refractivity contribution in [1.82, 2.24) is 4.90 Å². The first-order chi connectivity index (χ1) is 10.7. The normalized spacial score (nSPS) is 25.0. The Morgan fingerprint density at radius 1 is 1.35 bits per heavy atom. The van der Waals surface area contributed by atoms with Gasteiger partial charge in [0.15, 0.2) is 5.96 Å². The van der Waals surface area contributed by atoms with Crippen LogP contribution in [0.4, 0.5) is 0 Å². The van der Waals surface area contributed by atoms with E-state index in [-0.39, 0.29) is 24.0 Å². The van der Waals surface area contributed by atoms with Crippen LogP contribution in [-0.2, 0) is 0 Å². The van der Waals surface area contributed by atoms with Gasteiger partial charge in [0, 0.05) is 19.0 Å². The second kappa shape index (κ2) is 8.22. The number of piperidine rings is 1. The molecular formula is C18H28IN3O. The van der Waals surface area contributed by atoms with Gasteiger partial charge in [-0.25, -0.2) is 4.99 Å². The molecule has 0 aromatic heterocycles. The van der Waals surface area contributed by atoms with Gasteiger partial charge in [0.25, 0.3) is 0 Å². The average Bonchev–Trinajstić information content (AvgIpc) is 3.28. The van der Waals surface area contributed by atoms with Crippen molar-refractivity contribution in [3.05, 3.63) is 29.8 Å². The number of hydrogen-bond acceptors (Lipinski definition) is 2. The minimum atomic E-state index is 0. The van der Waals surface area contributed by atoms with E-state index in [1.165, 1.54) is 18.4 Å². The van der Waals surface area contributed by atoms with E-state index in [4.69, 9.17) is 15.5 Å². The molecule has 0 unspecified atom stereocenters. The van der Waals surface area contributed by atoms with E-state index < -0.39 is 0 Å². The number of guanidine groups is 1. The molecular weight excluding hydrogens is 401 g/mol. The Balaban J connectivity index is 0.00000192. The van der Waals surface area contributed by atoms with E-state index >= 15 is 0 Å². The van der Waals surface area contributed by atoms with Crippen molar-refractivity contribution in [2.24, 2.45) is 16.6 Å². The molecule has 3 rings (SSSR count). The fourth-order valence-corrected chi connectivity index (χ4v) is 3.17. The van der Waals surface area contributed by atoms with Crippen LogP contribution >= 0.6 is 24.0 Å². The predicted molar refractivity (Wildman–Crippen MR) is 106 cm³/mol. The summed E-state index contributed by atoms with van der Waals surface area (Å²) < 4.78 is 5.58. The van der Waals surface area contributed by atoms with E-state index in [1.54, 1.807) is 0 Å². The van der Waals surface area contributed by atoms with Gasteiger partial charge in [-0.05, 0) is 49.8 Å². The highest BCUT2D eigenvalue weighted by Gasteiger charge is 2.39. The van der Waals surface area contributed by atoms with Crippen molar-refractivity contribution >= 4 is 29.9 Å². The van der Waals surface area contributed by atoms with Gasteiger partial charge in [-0.3, -0.25) is 0 Å². The van der Waals surface area contributed by atoms with E-state index in [1.807, 2.05) is 13.0 Å². The topological polar surface area (TPSA) is 50.9 Å². The fraction of sp³-hybridized carbons (Fsp3) is 0.611. The molecule has 1 aliphatic heterocycles. The number of halogens is 1. The monoisotopic (exact) mass is 429 g/mol. The number of hydrogen-bond donors (Lipinski definition) is 1. The second-order valence-corrected chi connectivity index (χ2v) is 6.57. The van der Waals surface area contributed by atoms with E-state index in [0.29, 0.717) is 18.6 Å². The Bertz CT molecular complexity index is 541. The molecule has 0 radical (unpaired) electrons. The lowest BCUT2D eigenvalue weighted by Crippen LogP contribution is -2.42. The highest BCUT2D eigenvalue weighted by Crippen LogP contribution is 2.44. The molecule has 4 nitrogen and oxygen atoms in total. The van der Waals surface area contributed by atoms with Gasteiger partial charge in [0.1, 0.15) is 5.75 Å². The van der Waals surface area contributed by atoms with Crippen molar-refractivity contribution in [3.63, 3.8) is 0 Å². The molecule has 1 saturated carbocycles. The number of likely N-dealkylation sites (tertiary alicyclic amines) is 1. The molecule has 1 aliphatic carbocycles. The number of rotatable bonds is 4. The van der Waals surface area contributed by atoms with Crippen molar-refractivity contribution in [3.8, 4) is 5.75 Å². The minimum Gasteiger partial charge on any atom is -0.494 e. The van der Waals surface area contributed by atoms with Crippen LogP contribution in [0.3, 0.4) is 0 Å². The first kappa shape index (κ1) is 18.4. The molecule has 2 aliphatic rings. The zero-order valence-electron chi connectivity index (χ0n) is 14.1. The average molecular weight is 429 g/mol. The number of ether oxygens (including phenoxy) is 1. The van der Waals surface area contributed by atoms with Crippen LogP contribution in [0, 0.1) is 5.92 Å². The minimum absolute atomic E-state index is 0. The van der Waals surface area contributed by atoms with Gasteiger partial charge in [-0.1, -0.05) is 19.1 Å². The summed E-state index contributed by atoms with van der Waals surface area (Å²) in [6, 6.07) is 8.73. The molecule has 128 valence electrons. The summed E-state index contributed by atoms with van der Waals surface area (Å²) in [5.74, 6) is 3.01. The number of benzene rings is 1. The molecule has 1 saturated heterocycles. The van der Waals surface area contributed by atoms with Crippen LogP contribution < -0.4 is 10.5 Å². The second-order valence-electron chi connectivity index (χ2n) is 6.57. The first-order valence-corrected chi connectivity index (χ1v) is 8.48. The summed E-state index contributed by atoms with van der Waals surface area (Å²) in [5.41, 5.74) is 7.52. The Hall–Kier alpha value is -0.980. The van der Waals surface area contributed by atoms with E-state index in [9.17, 15) is 0 Å². The van der Waals surface area contributed by atoms with Gasteiger partial charge in [-0.2, -0.15) is 0 Å². The van der Waals surface area contributed by atoms with Crippen LogP contribution in [0.15, 0.2) is 29.3 Å². The zero-order chi connectivity index (χ0) is 15.5. The van der Waals surface area contributed by atoms with E-state index in [2.05, 4.69) is 30.0 Å². The molecule has 1 heterocycles. The summed E-state index contributed by atoms with van der Waals surface area (Å²) in [5, 5.41) is 0. The molecule has 2 fully saturated rings. The summed E-state index contributed by atoms with van der Waals surface area (Å²) in [7, 11) is 0. The third-order valence-corrected chi connectivity index (χ3v) is 4.76. The van der Waals surface area contributed by atoms with Crippen LogP contribution in [0.25, 0.3) is 0 Å². The fourth-order valence-electron chi connectivity index (χ4n) is 3.17. The lowest BCUT2D eigenvalue weighted by molar-refractivity contribution is 0.277. The van der Waals surface area contributed by atoms with Gasteiger partial charge in [-0.15, -0.1) is 24.0 Å². The Labute approximate surface area is 156 Å². The largest absolute Gasteiger partial charge is 0.494 e. The van der Waals surface area contributed by atoms with Crippen LogP contribution in [0.2, 0.25) is 0 Å².